The van der Waals surface area contributed by atoms with Gasteiger partial charge in [-0.15, -0.1) is 0 Å². The Bertz CT molecular complexity index is 1040. The zero-order valence-electron chi connectivity index (χ0n) is 15.7. The van der Waals surface area contributed by atoms with Crippen LogP contribution in [0.2, 0.25) is 5.02 Å². The number of nitro benzene ring substituents is 1. The molecule has 9 heteroatoms. The van der Waals surface area contributed by atoms with Crippen LogP contribution in [0.15, 0.2) is 36.4 Å². The van der Waals surface area contributed by atoms with E-state index < -0.39 is 22.8 Å². The molecule has 0 N–H and O–H groups in total. The molecule has 3 rings (SSSR count). The van der Waals surface area contributed by atoms with Gasteiger partial charge in [0.15, 0.2) is 6.10 Å². The number of amides is 1. The molecule has 2 aromatic carbocycles. The van der Waals surface area contributed by atoms with Crippen LogP contribution in [0.3, 0.4) is 0 Å². The first-order valence-corrected chi connectivity index (χ1v) is 9.17. The van der Waals surface area contributed by atoms with Crippen molar-refractivity contribution in [1.82, 2.24) is 0 Å². The van der Waals surface area contributed by atoms with E-state index in [9.17, 15) is 24.5 Å². The van der Waals surface area contributed by atoms with Crippen molar-refractivity contribution < 1.29 is 24.0 Å². The van der Waals surface area contributed by atoms with Crippen molar-refractivity contribution >= 4 is 40.6 Å². The molecule has 1 amide bonds. The van der Waals surface area contributed by atoms with Crippen LogP contribution in [0, 0.1) is 10.1 Å². The number of non-ortho nitro benzene ring substituents is 1. The number of esters is 1. The Balaban J connectivity index is 1.76. The van der Waals surface area contributed by atoms with E-state index in [0.717, 1.165) is 17.3 Å². The highest BCUT2D eigenvalue weighted by atomic mass is 35.5. The first kappa shape index (κ1) is 20.5. The molecule has 0 unspecified atom stereocenters. The van der Waals surface area contributed by atoms with Gasteiger partial charge in [-0.25, -0.2) is 4.79 Å². The maximum Gasteiger partial charge on any atom is 0.340 e. The van der Waals surface area contributed by atoms with Gasteiger partial charge >= 0.3 is 5.97 Å². The molecule has 8 nitrogen and oxygen atoms in total. The molecule has 0 saturated heterocycles. The number of nitrogens with zero attached hydrogens (tertiary/aromatic N) is 2. The number of carbonyl (C=O) groups excluding carboxylic acids is 3. The van der Waals surface area contributed by atoms with Crippen molar-refractivity contribution in [3.8, 4) is 0 Å². The molecule has 0 radical (unpaired) electrons. The maximum absolute atomic E-state index is 12.7. The normalized spacial score (nSPS) is 13.6. The van der Waals surface area contributed by atoms with E-state index in [4.69, 9.17) is 16.3 Å². The summed E-state index contributed by atoms with van der Waals surface area (Å²) < 4.78 is 5.19. The number of rotatable bonds is 5. The van der Waals surface area contributed by atoms with Gasteiger partial charge in [-0.2, -0.15) is 0 Å². The summed E-state index contributed by atoms with van der Waals surface area (Å²) in [5.74, 6) is -1.42. The fourth-order valence-electron chi connectivity index (χ4n) is 3.18. The van der Waals surface area contributed by atoms with Crippen LogP contribution in [-0.2, 0) is 16.0 Å². The van der Waals surface area contributed by atoms with Gasteiger partial charge in [0.2, 0.25) is 11.7 Å². The zero-order chi connectivity index (χ0) is 21.3. The predicted molar refractivity (Wildman–Crippen MR) is 105 cm³/mol. The Morgan fingerprint density at radius 2 is 1.93 bits per heavy atom. The van der Waals surface area contributed by atoms with Gasteiger partial charge in [0, 0.05) is 36.9 Å². The Hall–Kier alpha value is -3.26. The number of nitro groups is 1. The van der Waals surface area contributed by atoms with Crippen molar-refractivity contribution in [1.29, 1.82) is 0 Å². The molecule has 1 aliphatic rings. The molecule has 1 atom stereocenters. The first-order chi connectivity index (χ1) is 13.7. The Morgan fingerprint density at radius 1 is 1.21 bits per heavy atom. The van der Waals surface area contributed by atoms with Crippen LogP contribution in [0.1, 0.15) is 40.1 Å². The summed E-state index contributed by atoms with van der Waals surface area (Å²) >= 11 is 5.94. The fraction of sp³-hybridized carbons (Fsp3) is 0.250. The van der Waals surface area contributed by atoms with Gasteiger partial charge in [0.05, 0.1) is 15.5 Å². The molecular formula is C20H17ClN2O6. The van der Waals surface area contributed by atoms with Gasteiger partial charge in [-0.3, -0.25) is 19.7 Å². The van der Waals surface area contributed by atoms with Gasteiger partial charge in [0.25, 0.3) is 5.69 Å². The van der Waals surface area contributed by atoms with Gasteiger partial charge in [-0.05, 0) is 43.2 Å². The van der Waals surface area contributed by atoms with Crippen LogP contribution < -0.4 is 4.90 Å². The SMILES string of the molecule is CC(=O)N1CCc2cc(C(=O)[C@H](C)OC(=O)c3cc([N+](=O)[O-])ccc3Cl)ccc21. The standard InChI is InChI=1S/C20H17ClN2O6/c1-11(29-20(26)16-10-15(23(27)28)4-5-17(16)21)19(25)14-3-6-18-13(9-14)7-8-22(18)12(2)24/h3-6,9-11H,7-8H2,1-2H3/t11-/m0/s1. The minimum absolute atomic E-state index is 0.0119. The lowest BCUT2D eigenvalue weighted by Crippen LogP contribution is -2.26. The summed E-state index contributed by atoms with van der Waals surface area (Å²) in [6.45, 7) is 3.45. The number of fused-ring (bicyclic) bond motifs is 1. The van der Waals surface area contributed by atoms with Crippen molar-refractivity contribution in [2.45, 2.75) is 26.4 Å². The molecule has 0 saturated carbocycles. The predicted octanol–water partition coefficient (Wildman–Crippen LogP) is 3.59. The van der Waals surface area contributed by atoms with Crippen molar-refractivity contribution in [3.63, 3.8) is 0 Å². The zero-order valence-corrected chi connectivity index (χ0v) is 16.4. The van der Waals surface area contributed by atoms with Gasteiger partial charge in [0.1, 0.15) is 0 Å². The maximum atomic E-state index is 12.7. The average molecular weight is 417 g/mol. The van der Waals surface area contributed by atoms with E-state index in [1.165, 1.54) is 26.0 Å². The van der Waals surface area contributed by atoms with Gasteiger partial charge < -0.3 is 9.64 Å². The Morgan fingerprint density at radius 3 is 2.59 bits per heavy atom. The average Bonchev–Trinajstić information content (AvgIpc) is 3.10. The number of ketones is 1. The highest BCUT2D eigenvalue weighted by Gasteiger charge is 2.26. The van der Waals surface area contributed by atoms with E-state index >= 15 is 0 Å². The van der Waals surface area contributed by atoms with E-state index in [1.54, 1.807) is 23.1 Å². The van der Waals surface area contributed by atoms with Crippen LogP contribution in [-0.4, -0.2) is 35.2 Å². The van der Waals surface area contributed by atoms with E-state index in [1.807, 2.05) is 0 Å². The van der Waals surface area contributed by atoms with Crippen molar-refractivity contribution in [2.24, 2.45) is 0 Å². The van der Waals surface area contributed by atoms with E-state index in [0.29, 0.717) is 18.5 Å². The number of anilines is 1. The number of halogens is 1. The summed E-state index contributed by atoms with van der Waals surface area (Å²) in [6.07, 6.45) is -0.491. The quantitative estimate of drug-likeness (QED) is 0.319. The van der Waals surface area contributed by atoms with Crippen LogP contribution in [0.25, 0.3) is 0 Å². The monoisotopic (exact) mass is 416 g/mol. The molecule has 1 aliphatic heterocycles. The number of ether oxygens (including phenoxy) is 1. The molecule has 0 aliphatic carbocycles. The molecule has 29 heavy (non-hydrogen) atoms. The first-order valence-electron chi connectivity index (χ1n) is 8.79. The molecular weight excluding hydrogens is 400 g/mol. The number of hydrogen-bond acceptors (Lipinski definition) is 6. The number of benzene rings is 2. The van der Waals surface area contributed by atoms with Crippen LogP contribution in [0.5, 0.6) is 0 Å². The number of Topliss-reactive ketones (excluding diaryl/α,β-unsaturated/α-hetero) is 1. The van der Waals surface area contributed by atoms with E-state index in [-0.39, 0.29) is 22.2 Å². The van der Waals surface area contributed by atoms with Crippen LogP contribution in [0.4, 0.5) is 11.4 Å². The lowest BCUT2D eigenvalue weighted by molar-refractivity contribution is -0.384. The van der Waals surface area contributed by atoms with Crippen molar-refractivity contribution in [2.75, 3.05) is 11.4 Å². The van der Waals surface area contributed by atoms with Crippen LogP contribution >= 0.6 is 11.6 Å². The summed E-state index contributed by atoms with van der Waals surface area (Å²) in [4.78, 5) is 48.6. The minimum Gasteiger partial charge on any atom is -0.451 e. The second-order valence-corrected chi connectivity index (χ2v) is 7.00. The lowest BCUT2D eigenvalue weighted by Gasteiger charge is -2.16. The number of hydrogen-bond donors (Lipinski definition) is 0. The largest absolute Gasteiger partial charge is 0.451 e. The molecule has 150 valence electrons. The molecule has 2 aromatic rings. The van der Waals surface area contributed by atoms with Gasteiger partial charge in [-0.1, -0.05) is 11.6 Å². The Kier molecular flexibility index (Phi) is 5.65. The summed E-state index contributed by atoms with van der Waals surface area (Å²) in [5.41, 5.74) is 1.48. The molecule has 1 heterocycles. The third kappa shape index (κ3) is 4.12. The molecule has 0 bridgehead atoms. The third-order valence-corrected chi connectivity index (χ3v) is 5.00. The van der Waals surface area contributed by atoms with E-state index in [2.05, 4.69) is 0 Å². The smallest absolute Gasteiger partial charge is 0.340 e. The fourth-order valence-corrected chi connectivity index (χ4v) is 3.37. The summed E-state index contributed by atoms with van der Waals surface area (Å²) in [5, 5.41) is 10.9. The minimum atomic E-state index is -1.12. The Labute approximate surface area is 171 Å². The highest BCUT2D eigenvalue weighted by Crippen LogP contribution is 2.29. The molecule has 0 spiro atoms. The van der Waals surface area contributed by atoms with Crippen molar-refractivity contribution in [3.05, 3.63) is 68.2 Å². The third-order valence-electron chi connectivity index (χ3n) is 4.67. The lowest BCUT2D eigenvalue weighted by atomic mass is 10.0. The summed E-state index contributed by atoms with van der Waals surface area (Å²) in [6, 6.07) is 8.36. The topological polar surface area (TPSA) is 107 Å². The second kappa shape index (κ2) is 8.00. The molecule has 0 fully saturated rings. The second-order valence-electron chi connectivity index (χ2n) is 6.60. The summed E-state index contributed by atoms with van der Waals surface area (Å²) in [7, 11) is 0. The highest BCUT2D eigenvalue weighted by molar-refractivity contribution is 6.33. The number of carbonyl (C=O) groups is 3. The molecule has 0 aromatic heterocycles.